The number of aliphatic hydroxyl groups is 3. The summed E-state index contributed by atoms with van der Waals surface area (Å²) in [7, 11) is 0. The SMILES string of the molecule is CC#CC(O)OC1CC(C(C)O)CCC1O. The molecule has 5 unspecified atom stereocenters. The maximum atomic E-state index is 9.72. The van der Waals surface area contributed by atoms with E-state index in [9.17, 15) is 15.3 Å². The molecule has 0 radical (unpaired) electrons. The zero-order valence-electron chi connectivity index (χ0n) is 9.76. The smallest absolute Gasteiger partial charge is 0.220 e. The third-order valence-corrected chi connectivity index (χ3v) is 3.05. The van der Waals surface area contributed by atoms with E-state index in [0.29, 0.717) is 12.8 Å². The topological polar surface area (TPSA) is 69.9 Å². The molecule has 1 saturated carbocycles. The molecule has 0 aromatic carbocycles. The highest BCUT2D eigenvalue weighted by Crippen LogP contribution is 2.29. The lowest BCUT2D eigenvalue weighted by molar-refractivity contribution is -0.158. The molecular formula is C12H20O4. The Balaban J connectivity index is 2.51. The van der Waals surface area contributed by atoms with Crippen molar-refractivity contribution in [1.29, 1.82) is 0 Å². The van der Waals surface area contributed by atoms with Crippen LogP contribution in [0.2, 0.25) is 0 Å². The van der Waals surface area contributed by atoms with Crippen molar-refractivity contribution in [2.24, 2.45) is 5.92 Å². The molecule has 0 aromatic heterocycles. The molecule has 0 aliphatic heterocycles. The summed E-state index contributed by atoms with van der Waals surface area (Å²) in [5, 5.41) is 28.6. The quantitative estimate of drug-likeness (QED) is 0.478. The molecule has 1 aliphatic carbocycles. The molecule has 16 heavy (non-hydrogen) atoms. The largest absolute Gasteiger partial charge is 0.393 e. The van der Waals surface area contributed by atoms with Crippen LogP contribution in [-0.2, 0) is 4.74 Å². The standard InChI is InChI=1S/C12H20O4/c1-3-4-12(15)16-11-7-9(8(2)13)5-6-10(11)14/h8-15H,5-7H2,1-2H3. The monoisotopic (exact) mass is 228 g/mol. The summed E-state index contributed by atoms with van der Waals surface area (Å²) in [5.41, 5.74) is 0. The van der Waals surface area contributed by atoms with Crippen molar-refractivity contribution in [3.8, 4) is 11.8 Å². The van der Waals surface area contributed by atoms with Crippen molar-refractivity contribution in [3.05, 3.63) is 0 Å². The van der Waals surface area contributed by atoms with Gasteiger partial charge in [0, 0.05) is 0 Å². The van der Waals surface area contributed by atoms with Gasteiger partial charge in [-0.3, -0.25) is 0 Å². The Morgan fingerprint density at radius 1 is 1.31 bits per heavy atom. The highest BCUT2D eigenvalue weighted by Gasteiger charge is 2.33. The highest BCUT2D eigenvalue weighted by atomic mass is 16.6. The summed E-state index contributed by atoms with van der Waals surface area (Å²) in [6, 6.07) is 0. The highest BCUT2D eigenvalue weighted by molar-refractivity contribution is 4.98. The van der Waals surface area contributed by atoms with Crippen LogP contribution >= 0.6 is 0 Å². The van der Waals surface area contributed by atoms with E-state index in [-0.39, 0.29) is 5.92 Å². The molecule has 0 bridgehead atoms. The maximum Gasteiger partial charge on any atom is 0.220 e. The number of hydrogen-bond acceptors (Lipinski definition) is 4. The molecule has 0 spiro atoms. The van der Waals surface area contributed by atoms with E-state index in [1.165, 1.54) is 0 Å². The molecule has 1 fully saturated rings. The summed E-state index contributed by atoms with van der Waals surface area (Å²) in [6.45, 7) is 3.35. The lowest BCUT2D eigenvalue weighted by Crippen LogP contribution is -2.40. The summed E-state index contributed by atoms with van der Waals surface area (Å²) in [5.74, 6) is 5.14. The van der Waals surface area contributed by atoms with Crippen LogP contribution in [0, 0.1) is 17.8 Å². The second-order valence-electron chi connectivity index (χ2n) is 4.30. The van der Waals surface area contributed by atoms with E-state index in [1.54, 1.807) is 13.8 Å². The molecule has 92 valence electrons. The third kappa shape index (κ3) is 3.76. The van der Waals surface area contributed by atoms with E-state index in [0.717, 1.165) is 6.42 Å². The third-order valence-electron chi connectivity index (χ3n) is 3.05. The van der Waals surface area contributed by atoms with Crippen molar-refractivity contribution in [2.75, 3.05) is 0 Å². The first-order chi connectivity index (χ1) is 7.54. The van der Waals surface area contributed by atoms with E-state index in [4.69, 9.17) is 4.74 Å². The Bertz CT molecular complexity index is 266. The fourth-order valence-electron chi connectivity index (χ4n) is 2.05. The number of rotatable bonds is 3. The summed E-state index contributed by atoms with van der Waals surface area (Å²) < 4.78 is 5.25. The van der Waals surface area contributed by atoms with Gasteiger partial charge in [-0.15, -0.1) is 5.92 Å². The van der Waals surface area contributed by atoms with Gasteiger partial charge in [0.1, 0.15) is 0 Å². The van der Waals surface area contributed by atoms with Crippen LogP contribution in [0.5, 0.6) is 0 Å². The molecule has 3 N–H and O–H groups in total. The first-order valence-electron chi connectivity index (χ1n) is 5.66. The van der Waals surface area contributed by atoms with Crippen LogP contribution in [0.25, 0.3) is 0 Å². The van der Waals surface area contributed by atoms with E-state index >= 15 is 0 Å². The van der Waals surface area contributed by atoms with E-state index in [1.807, 2.05) is 0 Å². The van der Waals surface area contributed by atoms with Crippen LogP contribution in [0.4, 0.5) is 0 Å². The van der Waals surface area contributed by atoms with Gasteiger partial charge in [0.25, 0.3) is 0 Å². The van der Waals surface area contributed by atoms with Gasteiger partial charge in [0.15, 0.2) is 0 Å². The second-order valence-corrected chi connectivity index (χ2v) is 4.30. The molecule has 4 nitrogen and oxygen atoms in total. The molecule has 4 heteroatoms. The minimum absolute atomic E-state index is 0.121. The lowest BCUT2D eigenvalue weighted by Gasteiger charge is -2.34. The van der Waals surface area contributed by atoms with Gasteiger partial charge in [-0.1, -0.05) is 0 Å². The number of hydrogen-bond donors (Lipinski definition) is 3. The predicted octanol–water partition coefficient (Wildman–Crippen LogP) is 0.255. The first-order valence-corrected chi connectivity index (χ1v) is 5.66. The van der Waals surface area contributed by atoms with Crippen LogP contribution < -0.4 is 0 Å². The molecule has 0 aromatic rings. The molecule has 0 heterocycles. The Morgan fingerprint density at radius 2 is 2.00 bits per heavy atom. The number of aliphatic hydroxyl groups excluding tert-OH is 3. The van der Waals surface area contributed by atoms with Gasteiger partial charge in [-0.05, 0) is 44.9 Å². The van der Waals surface area contributed by atoms with E-state index < -0.39 is 24.6 Å². The average molecular weight is 228 g/mol. The fourth-order valence-corrected chi connectivity index (χ4v) is 2.05. The Labute approximate surface area is 96.2 Å². The van der Waals surface area contributed by atoms with E-state index in [2.05, 4.69) is 11.8 Å². The Morgan fingerprint density at radius 3 is 2.56 bits per heavy atom. The second kappa shape index (κ2) is 6.21. The lowest BCUT2D eigenvalue weighted by atomic mass is 9.82. The van der Waals surface area contributed by atoms with Crippen molar-refractivity contribution >= 4 is 0 Å². The minimum atomic E-state index is -1.16. The van der Waals surface area contributed by atoms with Crippen LogP contribution in [0.1, 0.15) is 33.1 Å². The Kier molecular flexibility index (Phi) is 5.23. The average Bonchev–Trinajstić information content (AvgIpc) is 2.21. The maximum absolute atomic E-state index is 9.72. The van der Waals surface area contributed by atoms with Crippen molar-refractivity contribution in [1.82, 2.24) is 0 Å². The normalized spacial score (nSPS) is 33.7. The van der Waals surface area contributed by atoms with Crippen LogP contribution in [0.3, 0.4) is 0 Å². The van der Waals surface area contributed by atoms with Gasteiger partial charge >= 0.3 is 0 Å². The van der Waals surface area contributed by atoms with Gasteiger partial charge in [-0.2, -0.15) is 0 Å². The van der Waals surface area contributed by atoms with Crippen molar-refractivity contribution in [3.63, 3.8) is 0 Å². The summed E-state index contributed by atoms with van der Waals surface area (Å²) in [6.07, 6.45) is -0.653. The molecule has 0 amide bonds. The van der Waals surface area contributed by atoms with Gasteiger partial charge in [-0.25, -0.2) is 0 Å². The summed E-state index contributed by atoms with van der Waals surface area (Å²) in [4.78, 5) is 0. The summed E-state index contributed by atoms with van der Waals surface area (Å²) >= 11 is 0. The van der Waals surface area contributed by atoms with Crippen LogP contribution in [0.15, 0.2) is 0 Å². The molecule has 0 saturated heterocycles. The molecule has 1 rings (SSSR count). The van der Waals surface area contributed by atoms with Crippen LogP contribution in [-0.4, -0.2) is 39.9 Å². The van der Waals surface area contributed by atoms with Gasteiger partial charge < -0.3 is 20.1 Å². The molecular weight excluding hydrogens is 208 g/mol. The fraction of sp³-hybridized carbons (Fsp3) is 0.833. The first kappa shape index (κ1) is 13.5. The molecule has 5 atom stereocenters. The molecule has 1 aliphatic rings. The zero-order chi connectivity index (χ0) is 12.1. The number of ether oxygens (including phenoxy) is 1. The van der Waals surface area contributed by atoms with Gasteiger partial charge in [0.05, 0.1) is 18.3 Å². The van der Waals surface area contributed by atoms with Crippen molar-refractivity contribution < 1.29 is 20.1 Å². The minimum Gasteiger partial charge on any atom is -0.393 e. The van der Waals surface area contributed by atoms with Crippen molar-refractivity contribution in [2.45, 2.75) is 57.7 Å². The Hall–Kier alpha value is -0.600. The van der Waals surface area contributed by atoms with Gasteiger partial charge in [0.2, 0.25) is 6.29 Å². The zero-order valence-corrected chi connectivity index (χ0v) is 9.76. The predicted molar refractivity (Wildman–Crippen MR) is 59.4 cm³/mol.